The summed E-state index contributed by atoms with van der Waals surface area (Å²) in [5.41, 5.74) is 2.94. The SMILES string of the molecule is Cc1cc(C2C3=CCC4C(=O)N(c5cccc(C(=O)O)c5)C(=O)C4C3CC3=C2C(=O)C=C(Br)C3=O)ccc1O. The number of carbonyl (C=O) groups excluding carboxylic acids is 4. The van der Waals surface area contributed by atoms with E-state index >= 15 is 0 Å². The number of amides is 2. The van der Waals surface area contributed by atoms with Crippen LogP contribution in [0.1, 0.15) is 40.2 Å². The van der Waals surface area contributed by atoms with Gasteiger partial charge in [-0.15, -0.1) is 0 Å². The van der Waals surface area contributed by atoms with E-state index in [9.17, 15) is 34.2 Å². The fourth-order valence-electron chi connectivity index (χ4n) is 6.48. The van der Waals surface area contributed by atoms with Crippen molar-refractivity contribution in [3.8, 4) is 5.75 Å². The third-order valence-corrected chi connectivity index (χ3v) is 8.83. The predicted molar refractivity (Wildman–Crippen MR) is 143 cm³/mol. The van der Waals surface area contributed by atoms with Crippen LogP contribution in [0.5, 0.6) is 5.75 Å². The Morgan fingerprint density at radius 2 is 1.79 bits per heavy atom. The summed E-state index contributed by atoms with van der Waals surface area (Å²) < 4.78 is 0.146. The van der Waals surface area contributed by atoms with Gasteiger partial charge in [-0.3, -0.25) is 24.1 Å². The van der Waals surface area contributed by atoms with Gasteiger partial charge >= 0.3 is 5.97 Å². The number of anilines is 1. The lowest BCUT2D eigenvalue weighted by Crippen LogP contribution is -2.39. The van der Waals surface area contributed by atoms with Crippen LogP contribution < -0.4 is 4.90 Å². The summed E-state index contributed by atoms with van der Waals surface area (Å²) in [7, 11) is 0. The highest BCUT2D eigenvalue weighted by atomic mass is 79.9. The lowest BCUT2D eigenvalue weighted by Gasteiger charge is -2.42. The monoisotopic (exact) mass is 587 g/mol. The van der Waals surface area contributed by atoms with Crippen molar-refractivity contribution in [2.45, 2.75) is 25.7 Å². The molecule has 0 spiro atoms. The number of aromatic carboxylic acids is 1. The quantitative estimate of drug-likeness (QED) is 0.310. The van der Waals surface area contributed by atoms with Gasteiger partial charge in [-0.2, -0.15) is 0 Å². The molecule has 8 nitrogen and oxygen atoms in total. The van der Waals surface area contributed by atoms with Gasteiger partial charge in [-0.05, 0) is 77.0 Å². The van der Waals surface area contributed by atoms with Gasteiger partial charge in [-0.25, -0.2) is 4.79 Å². The van der Waals surface area contributed by atoms with E-state index in [0.29, 0.717) is 22.3 Å². The Kier molecular flexibility index (Phi) is 5.80. The summed E-state index contributed by atoms with van der Waals surface area (Å²) in [5, 5.41) is 19.5. The molecule has 1 fully saturated rings. The number of phenolic OH excluding ortho intramolecular Hbond substituents is 1. The lowest BCUT2D eigenvalue weighted by atomic mass is 9.59. The van der Waals surface area contributed by atoms with E-state index in [1.54, 1.807) is 25.1 Å². The molecule has 39 heavy (non-hydrogen) atoms. The molecule has 2 aromatic carbocycles. The van der Waals surface area contributed by atoms with E-state index in [-0.39, 0.29) is 45.9 Å². The number of phenols is 1. The number of imide groups is 1. The predicted octanol–water partition coefficient (Wildman–Crippen LogP) is 4.37. The van der Waals surface area contributed by atoms with Gasteiger partial charge in [0.2, 0.25) is 11.8 Å². The van der Waals surface area contributed by atoms with Crippen LogP contribution in [0.3, 0.4) is 0 Å². The minimum Gasteiger partial charge on any atom is -0.508 e. The normalized spacial score (nSPS) is 26.2. The summed E-state index contributed by atoms with van der Waals surface area (Å²) in [4.78, 5) is 66.6. The van der Waals surface area contributed by atoms with E-state index in [2.05, 4.69) is 15.9 Å². The number of ketones is 2. The zero-order valence-electron chi connectivity index (χ0n) is 20.7. The molecular formula is C30H22BrNO7. The highest BCUT2D eigenvalue weighted by molar-refractivity contribution is 9.12. The van der Waals surface area contributed by atoms with Crippen LogP contribution in [0.2, 0.25) is 0 Å². The van der Waals surface area contributed by atoms with Crippen molar-refractivity contribution >= 4 is 51.0 Å². The molecule has 4 aliphatic rings. The van der Waals surface area contributed by atoms with Crippen molar-refractivity contribution in [1.29, 1.82) is 0 Å². The smallest absolute Gasteiger partial charge is 0.335 e. The van der Waals surface area contributed by atoms with Crippen molar-refractivity contribution in [3.63, 3.8) is 0 Å². The summed E-state index contributed by atoms with van der Waals surface area (Å²) in [5.74, 6) is -5.11. The molecule has 0 saturated carbocycles. The molecule has 0 radical (unpaired) electrons. The van der Waals surface area contributed by atoms with Crippen LogP contribution in [-0.2, 0) is 19.2 Å². The minimum atomic E-state index is -1.17. The number of benzene rings is 2. The highest BCUT2D eigenvalue weighted by Crippen LogP contribution is 2.55. The third-order valence-electron chi connectivity index (χ3n) is 8.24. The molecule has 4 atom stereocenters. The molecule has 3 aliphatic carbocycles. The summed E-state index contributed by atoms with van der Waals surface area (Å²) in [6.07, 6.45) is 3.59. The van der Waals surface area contributed by atoms with Crippen molar-refractivity contribution in [2.24, 2.45) is 17.8 Å². The number of fused-ring (bicyclic) bond motifs is 3. The Balaban J connectivity index is 1.48. The number of carboxylic acids is 1. The van der Waals surface area contributed by atoms with Crippen molar-refractivity contribution < 1.29 is 34.2 Å². The summed E-state index contributed by atoms with van der Waals surface area (Å²) in [6, 6.07) is 10.7. The zero-order valence-corrected chi connectivity index (χ0v) is 22.3. The number of allylic oxidation sites excluding steroid dienone is 6. The molecule has 1 aliphatic heterocycles. The molecule has 1 heterocycles. The number of hydrogen-bond acceptors (Lipinski definition) is 6. The molecule has 9 heteroatoms. The lowest BCUT2D eigenvalue weighted by molar-refractivity contribution is -0.123. The van der Waals surface area contributed by atoms with Crippen LogP contribution in [0.4, 0.5) is 5.69 Å². The fraction of sp³-hybridized carbons (Fsp3) is 0.233. The van der Waals surface area contributed by atoms with Crippen molar-refractivity contribution in [2.75, 3.05) is 4.90 Å². The van der Waals surface area contributed by atoms with Crippen LogP contribution in [0, 0.1) is 24.7 Å². The topological polar surface area (TPSA) is 129 Å². The first-order valence-corrected chi connectivity index (χ1v) is 13.3. The minimum absolute atomic E-state index is 0.0417. The van der Waals surface area contributed by atoms with Gasteiger partial charge in [0, 0.05) is 23.1 Å². The van der Waals surface area contributed by atoms with Crippen LogP contribution in [0.15, 0.2) is 75.8 Å². The first-order chi connectivity index (χ1) is 18.6. The first-order valence-electron chi connectivity index (χ1n) is 12.5. The summed E-state index contributed by atoms with van der Waals surface area (Å²) in [6.45, 7) is 1.74. The van der Waals surface area contributed by atoms with E-state index in [0.717, 1.165) is 10.5 Å². The standard InChI is InChI=1S/C30H22BrNO7/c1-13-9-14(5-8-22(13)33)24-17-6-7-18-25(19(17)11-20-26(24)23(34)12-21(31)27(20)35)29(37)32(28(18)36)16-4-2-3-15(10-16)30(38)39/h2-6,8-10,12,18-19,24-25,33H,7,11H2,1H3,(H,38,39). The summed E-state index contributed by atoms with van der Waals surface area (Å²) >= 11 is 3.21. The number of Topliss-reactive ketones (excluding diaryl/α,β-unsaturated/α-hetero) is 1. The Labute approximate surface area is 231 Å². The fourth-order valence-corrected chi connectivity index (χ4v) is 6.92. The molecule has 0 aromatic heterocycles. The second kappa shape index (κ2) is 8.98. The molecule has 1 saturated heterocycles. The number of nitrogens with zero attached hydrogens (tertiary/aromatic N) is 1. The van der Waals surface area contributed by atoms with Gasteiger partial charge in [0.25, 0.3) is 0 Å². The largest absolute Gasteiger partial charge is 0.508 e. The van der Waals surface area contributed by atoms with E-state index < -0.39 is 41.5 Å². The Morgan fingerprint density at radius 3 is 2.51 bits per heavy atom. The van der Waals surface area contributed by atoms with Gasteiger partial charge in [0.05, 0.1) is 27.6 Å². The van der Waals surface area contributed by atoms with E-state index in [1.807, 2.05) is 6.08 Å². The maximum atomic E-state index is 13.9. The average Bonchev–Trinajstić information content (AvgIpc) is 3.17. The molecular weight excluding hydrogens is 566 g/mol. The highest BCUT2D eigenvalue weighted by Gasteiger charge is 2.56. The molecule has 2 N–H and O–H groups in total. The Hall–Kier alpha value is -4.11. The number of carboxylic acid groups (broad SMARTS) is 1. The van der Waals surface area contributed by atoms with Gasteiger partial charge in [-0.1, -0.05) is 29.8 Å². The maximum Gasteiger partial charge on any atom is 0.335 e. The van der Waals surface area contributed by atoms with E-state index in [4.69, 9.17) is 0 Å². The van der Waals surface area contributed by atoms with Crippen LogP contribution >= 0.6 is 15.9 Å². The number of rotatable bonds is 3. The van der Waals surface area contributed by atoms with Gasteiger partial charge in [0.1, 0.15) is 5.75 Å². The number of aryl methyl sites for hydroxylation is 1. The number of hydrogen-bond donors (Lipinski definition) is 2. The molecule has 6 rings (SSSR count). The Bertz CT molecular complexity index is 1630. The number of aromatic hydroxyl groups is 1. The van der Waals surface area contributed by atoms with Crippen molar-refractivity contribution in [3.05, 3.63) is 92.5 Å². The Morgan fingerprint density at radius 1 is 1.03 bits per heavy atom. The van der Waals surface area contributed by atoms with Gasteiger partial charge in [0.15, 0.2) is 11.6 Å². The molecule has 196 valence electrons. The molecule has 4 unspecified atom stereocenters. The molecule has 2 amide bonds. The average molecular weight is 588 g/mol. The first kappa shape index (κ1) is 25.2. The number of carbonyl (C=O) groups is 5. The second-order valence-electron chi connectivity index (χ2n) is 10.3. The van der Waals surface area contributed by atoms with Crippen LogP contribution in [0.25, 0.3) is 0 Å². The maximum absolute atomic E-state index is 13.9. The molecule has 2 aromatic rings. The van der Waals surface area contributed by atoms with Gasteiger partial charge < -0.3 is 10.2 Å². The number of halogens is 1. The van der Waals surface area contributed by atoms with E-state index in [1.165, 1.54) is 30.3 Å². The van der Waals surface area contributed by atoms with Crippen molar-refractivity contribution in [1.82, 2.24) is 0 Å². The molecule has 0 bridgehead atoms. The zero-order chi connectivity index (χ0) is 27.7. The second-order valence-corrected chi connectivity index (χ2v) is 11.2. The van der Waals surface area contributed by atoms with Crippen LogP contribution in [-0.4, -0.2) is 39.6 Å². The third kappa shape index (κ3) is 3.75.